The van der Waals surface area contributed by atoms with Crippen molar-refractivity contribution in [2.75, 3.05) is 19.6 Å². The van der Waals surface area contributed by atoms with Crippen molar-refractivity contribution in [3.05, 3.63) is 34.1 Å². The molecule has 0 aliphatic carbocycles. The highest BCUT2D eigenvalue weighted by Crippen LogP contribution is 2.25. The Bertz CT molecular complexity index is 715. The molecule has 0 spiro atoms. The van der Waals surface area contributed by atoms with Crippen molar-refractivity contribution in [2.24, 2.45) is 0 Å². The first kappa shape index (κ1) is 15.3. The molecule has 1 aliphatic rings. The molecule has 0 radical (unpaired) electrons. The summed E-state index contributed by atoms with van der Waals surface area (Å²) in [6, 6.07) is 3.11. The van der Waals surface area contributed by atoms with E-state index in [9.17, 15) is 22.9 Å². The number of non-ortho nitro benzene ring substituents is 1. The largest absolute Gasteiger partial charge is 0.313 e. The number of nitro groups is 1. The Labute approximate surface area is 120 Å². The van der Waals surface area contributed by atoms with Crippen LogP contribution in [0, 0.1) is 27.3 Å². The molecule has 1 N–H and O–H groups in total. The fourth-order valence-corrected chi connectivity index (χ4v) is 3.64. The van der Waals surface area contributed by atoms with Gasteiger partial charge >= 0.3 is 0 Å². The van der Waals surface area contributed by atoms with E-state index in [4.69, 9.17) is 5.26 Å². The molecule has 112 valence electrons. The van der Waals surface area contributed by atoms with Crippen molar-refractivity contribution in [3.63, 3.8) is 0 Å². The highest BCUT2D eigenvalue weighted by molar-refractivity contribution is 7.89. The summed E-state index contributed by atoms with van der Waals surface area (Å²) in [5.41, 5.74) is -0.529. The summed E-state index contributed by atoms with van der Waals surface area (Å²) in [7, 11) is -4.32. The maximum Gasteiger partial charge on any atom is 0.270 e. The number of hydrogen-bond acceptors (Lipinski definition) is 6. The SMILES string of the molecule is N#CC1CNCCN1S(=O)(=O)c1cc([N+](=O)[O-])ccc1F. The smallest absolute Gasteiger partial charge is 0.270 e. The lowest BCUT2D eigenvalue weighted by atomic mass is 10.3. The Hall–Kier alpha value is -2.09. The summed E-state index contributed by atoms with van der Waals surface area (Å²) < 4.78 is 39.5. The van der Waals surface area contributed by atoms with Gasteiger partial charge in [0.25, 0.3) is 5.69 Å². The molecule has 1 aromatic rings. The normalized spacial score (nSPS) is 19.9. The van der Waals surface area contributed by atoms with Crippen LogP contribution in [0.2, 0.25) is 0 Å². The van der Waals surface area contributed by atoms with Gasteiger partial charge < -0.3 is 5.32 Å². The summed E-state index contributed by atoms with van der Waals surface area (Å²) in [6.45, 7) is 0.420. The molecule has 0 saturated carbocycles. The number of benzene rings is 1. The summed E-state index contributed by atoms with van der Waals surface area (Å²) in [6.07, 6.45) is 0. The Morgan fingerprint density at radius 3 is 2.86 bits per heavy atom. The standard InChI is InChI=1S/C11H11FN4O4S/c12-10-2-1-8(16(17)18)5-11(10)21(19,20)15-4-3-14-7-9(15)6-13/h1-2,5,9,14H,3-4,7H2. The molecule has 1 heterocycles. The number of nitriles is 1. The monoisotopic (exact) mass is 314 g/mol. The fraction of sp³-hybridized carbons (Fsp3) is 0.364. The first-order valence-electron chi connectivity index (χ1n) is 5.94. The van der Waals surface area contributed by atoms with Crippen LogP contribution in [-0.4, -0.2) is 43.3 Å². The van der Waals surface area contributed by atoms with Gasteiger partial charge in [-0.3, -0.25) is 10.1 Å². The topological polar surface area (TPSA) is 116 Å². The number of halogens is 1. The van der Waals surface area contributed by atoms with Crippen LogP contribution < -0.4 is 5.32 Å². The van der Waals surface area contributed by atoms with Crippen molar-refractivity contribution in [1.29, 1.82) is 5.26 Å². The summed E-state index contributed by atoms with van der Waals surface area (Å²) in [4.78, 5) is 9.10. The molecule has 21 heavy (non-hydrogen) atoms. The maximum atomic E-state index is 13.8. The Balaban J connectivity index is 2.51. The molecule has 0 bridgehead atoms. The van der Waals surface area contributed by atoms with Gasteiger partial charge in [-0.2, -0.15) is 9.57 Å². The van der Waals surface area contributed by atoms with Crippen LogP contribution in [0.1, 0.15) is 0 Å². The molecule has 8 nitrogen and oxygen atoms in total. The van der Waals surface area contributed by atoms with Crippen LogP contribution >= 0.6 is 0 Å². The van der Waals surface area contributed by atoms with Crippen molar-refractivity contribution in [3.8, 4) is 6.07 Å². The number of nitrogens with zero attached hydrogens (tertiary/aromatic N) is 3. The zero-order chi connectivity index (χ0) is 15.6. The molecule has 1 unspecified atom stereocenters. The van der Waals surface area contributed by atoms with Gasteiger partial charge in [-0.05, 0) is 6.07 Å². The van der Waals surface area contributed by atoms with E-state index in [0.717, 1.165) is 16.4 Å². The van der Waals surface area contributed by atoms with Crippen molar-refractivity contribution < 1.29 is 17.7 Å². The molecule has 1 aliphatic heterocycles. The predicted molar refractivity (Wildman–Crippen MR) is 69.2 cm³/mol. The first-order chi connectivity index (χ1) is 9.87. The van der Waals surface area contributed by atoms with Gasteiger partial charge in [-0.25, -0.2) is 12.8 Å². The van der Waals surface area contributed by atoms with E-state index in [1.807, 2.05) is 6.07 Å². The molecule has 10 heteroatoms. The number of piperazine rings is 1. The molecule has 2 rings (SSSR count). The lowest BCUT2D eigenvalue weighted by molar-refractivity contribution is -0.385. The van der Waals surface area contributed by atoms with Crippen LogP contribution in [0.5, 0.6) is 0 Å². The third-order valence-electron chi connectivity index (χ3n) is 3.06. The molecule has 1 fully saturated rings. The van der Waals surface area contributed by atoms with Gasteiger partial charge in [0.05, 0.1) is 11.0 Å². The van der Waals surface area contributed by atoms with E-state index < -0.39 is 37.4 Å². The minimum Gasteiger partial charge on any atom is -0.313 e. The Morgan fingerprint density at radius 1 is 1.52 bits per heavy atom. The lowest BCUT2D eigenvalue weighted by Gasteiger charge is -2.30. The van der Waals surface area contributed by atoms with E-state index in [-0.39, 0.29) is 13.1 Å². The van der Waals surface area contributed by atoms with Gasteiger partial charge in [0.2, 0.25) is 10.0 Å². The highest BCUT2D eigenvalue weighted by atomic mass is 32.2. The van der Waals surface area contributed by atoms with Crippen LogP contribution in [0.3, 0.4) is 0 Å². The third kappa shape index (κ3) is 2.85. The van der Waals surface area contributed by atoms with Crippen molar-refractivity contribution in [2.45, 2.75) is 10.9 Å². The molecule has 1 saturated heterocycles. The number of nitrogens with one attached hydrogen (secondary N) is 1. The lowest BCUT2D eigenvalue weighted by Crippen LogP contribution is -2.52. The number of nitro benzene ring substituents is 1. The zero-order valence-corrected chi connectivity index (χ0v) is 11.5. The van der Waals surface area contributed by atoms with Crippen LogP contribution in [0.4, 0.5) is 10.1 Å². The number of sulfonamides is 1. The van der Waals surface area contributed by atoms with Crippen LogP contribution in [0.25, 0.3) is 0 Å². The average molecular weight is 314 g/mol. The van der Waals surface area contributed by atoms with Gasteiger partial charge in [-0.15, -0.1) is 0 Å². The van der Waals surface area contributed by atoms with E-state index in [2.05, 4.69) is 5.32 Å². The van der Waals surface area contributed by atoms with E-state index >= 15 is 0 Å². The number of rotatable bonds is 3. The average Bonchev–Trinajstić information content (AvgIpc) is 2.47. The Kier molecular flexibility index (Phi) is 4.17. The second-order valence-corrected chi connectivity index (χ2v) is 6.20. The maximum absolute atomic E-state index is 13.8. The van der Waals surface area contributed by atoms with E-state index in [1.54, 1.807) is 0 Å². The van der Waals surface area contributed by atoms with Crippen LogP contribution in [0.15, 0.2) is 23.1 Å². The second-order valence-electron chi connectivity index (χ2n) is 4.34. The highest BCUT2D eigenvalue weighted by Gasteiger charge is 2.36. The molecule has 0 aromatic heterocycles. The zero-order valence-electron chi connectivity index (χ0n) is 10.7. The van der Waals surface area contributed by atoms with E-state index in [1.165, 1.54) is 0 Å². The molecular weight excluding hydrogens is 303 g/mol. The van der Waals surface area contributed by atoms with Crippen molar-refractivity contribution >= 4 is 15.7 Å². The minimum atomic E-state index is -4.32. The minimum absolute atomic E-state index is 0.0112. The fourth-order valence-electron chi connectivity index (χ4n) is 2.01. The van der Waals surface area contributed by atoms with Gasteiger partial charge in [0, 0.05) is 31.8 Å². The molecular formula is C11H11FN4O4S. The third-order valence-corrected chi connectivity index (χ3v) is 4.98. The van der Waals surface area contributed by atoms with Gasteiger partial charge in [-0.1, -0.05) is 0 Å². The molecule has 0 amide bonds. The van der Waals surface area contributed by atoms with Gasteiger partial charge in [0.15, 0.2) is 0 Å². The summed E-state index contributed by atoms with van der Waals surface area (Å²) in [5.74, 6) is -1.09. The summed E-state index contributed by atoms with van der Waals surface area (Å²) >= 11 is 0. The molecule has 1 aromatic carbocycles. The van der Waals surface area contributed by atoms with Gasteiger partial charge in [0.1, 0.15) is 16.8 Å². The first-order valence-corrected chi connectivity index (χ1v) is 7.38. The Morgan fingerprint density at radius 2 is 2.24 bits per heavy atom. The van der Waals surface area contributed by atoms with Crippen LogP contribution in [-0.2, 0) is 10.0 Å². The second kappa shape index (κ2) is 5.72. The quantitative estimate of drug-likeness (QED) is 0.630. The van der Waals surface area contributed by atoms with Crippen molar-refractivity contribution in [1.82, 2.24) is 9.62 Å². The molecule has 1 atom stereocenters. The predicted octanol–water partition coefficient (Wildman–Crippen LogP) is 0.220. The number of hydrogen-bond donors (Lipinski definition) is 1. The summed E-state index contributed by atoms with van der Waals surface area (Å²) in [5, 5.41) is 22.5. The van der Waals surface area contributed by atoms with E-state index in [0.29, 0.717) is 12.6 Å².